The highest BCUT2D eigenvalue weighted by atomic mass is 19.3. The van der Waals surface area contributed by atoms with Crippen molar-refractivity contribution in [3.8, 4) is 17.2 Å². The number of alkyl halides is 2. The molecule has 0 atom stereocenters. The van der Waals surface area contributed by atoms with Gasteiger partial charge in [-0.2, -0.15) is 0 Å². The van der Waals surface area contributed by atoms with Crippen molar-refractivity contribution in [1.29, 1.82) is 0 Å². The Balaban J connectivity index is 1.16. The number of hydrogen-bond acceptors (Lipinski definition) is 8. The summed E-state index contributed by atoms with van der Waals surface area (Å²) in [6, 6.07) is 11.5. The molecule has 1 amide bonds. The van der Waals surface area contributed by atoms with Crippen molar-refractivity contribution in [1.82, 2.24) is 19.8 Å². The molecule has 0 radical (unpaired) electrons. The second-order valence-corrected chi connectivity index (χ2v) is 11.5. The molecule has 2 saturated heterocycles. The van der Waals surface area contributed by atoms with Crippen LogP contribution < -0.4 is 19.1 Å². The number of piperidine rings is 1. The smallest absolute Gasteiger partial charge is 0.250 e. The molecule has 0 bridgehead atoms. The third-order valence-electron chi connectivity index (χ3n) is 7.95. The summed E-state index contributed by atoms with van der Waals surface area (Å²) in [5.74, 6) is 0.338. The van der Waals surface area contributed by atoms with Gasteiger partial charge >= 0.3 is 0 Å². The summed E-state index contributed by atoms with van der Waals surface area (Å²) in [7, 11) is 1.60. The first kappa shape index (κ1) is 30.7. The summed E-state index contributed by atoms with van der Waals surface area (Å²) in [5, 5.41) is 0.851. The number of halogens is 2. The molecule has 0 aliphatic carbocycles. The van der Waals surface area contributed by atoms with E-state index in [9.17, 15) is 13.6 Å². The van der Waals surface area contributed by atoms with Gasteiger partial charge in [-0.1, -0.05) is 12.1 Å². The minimum absolute atomic E-state index is 0.0804. The first-order valence-corrected chi connectivity index (χ1v) is 15.0. The molecule has 11 heteroatoms. The van der Waals surface area contributed by atoms with Crippen LogP contribution in [0.3, 0.4) is 0 Å². The average Bonchev–Trinajstić information content (AvgIpc) is 3.00. The number of piperazine rings is 1. The van der Waals surface area contributed by atoms with E-state index in [1.807, 2.05) is 55.1 Å². The molecule has 0 saturated carbocycles. The molecule has 0 N–H and O–H groups in total. The molecule has 0 spiro atoms. The van der Waals surface area contributed by atoms with E-state index in [4.69, 9.17) is 14.2 Å². The van der Waals surface area contributed by atoms with E-state index >= 15 is 0 Å². The van der Waals surface area contributed by atoms with Crippen molar-refractivity contribution in [2.24, 2.45) is 0 Å². The maximum absolute atomic E-state index is 13.4. The number of likely N-dealkylation sites (tertiary alicyclic amines) is 1. The Hall–Kier alpha value is -3.73. The molecular formula is C32H41F2N5O4. The van der Waals surface area contributed by atoms with Gasteiger partial charge in [-0.05, 0) is 44.0 Å². The summed E-state index contributed by atoms with van der Waals surface area (Å²) in [4.78, 5) is 28.2. The van der Waals surface area contributed by atoms with Gasteiger partial charge in [0, 0.05) is 70.1 Å². The number of rotatable bonds is 11. The molecule has 5 rings (SSSR count). The second kappa shape index (κ2) is 13.7. The Morgan fingerprint density at radius 2 is 1.70 bits per heavy atom. The maximum atomic E-state index is 13.4. The number of carbonyl (C=O) groups is 1. The Morgan fingerprint density at radius 1 is 0.977 bits per heavy atom. The lowest BCUT2D eigenvalue weighted by atomic mass is 10.1. The number of carbonyl (C=O) groups excluding carboxylic acids is 1. The summed E-state index contributed by atoms with van der Waals surface area (Å²) >= 11 is 0. The van der Waals surface area contributed by atoms with E-state index < -0.39 is 5.92 Å². The minimum atomic E-state index is -2.53. The first-order chi connectivity index (χ1) is 20.7. The van der Waals surface area contributed by atoms with Gasteiger partial charge in [0.2, 0.25) is 5.91 Å². The Labute approximate surface area is 251 Å². The van der Waals surface area contributed by atoms with Crippen molar-refractivity contribution < 1.29 is 27.8 Å². The average molecular weight is 598 g/mol. The van der Waals surface area contributed by atoms with Gasteiger partial charge in [-0.25, -0.2) is 18.7 Å². The maximum Gasteiger partial charge on any atom is 0.250 e. The molecule has 2 aliphatic rings. The molecule has 2 aliphatic heterocycles. The number of anilines is 1. The number of aromatic nitrogens is 2. The van der Waals surface area contributed by atoms with Crippen molar-refractivity contribution in [3.63, 3.8) is 0 Å². The number of benzene rings is 2. The topological polar surface area (TPSA) is 80.3 Å². The highest BCUT2D eigenvalue weighted by Crippen LogP contribution is 2.35. The van der Waals surface area contributed by atoms with E-state index in [2.05, 4.69) is 19.8 Å². The molecule has 2 fully saturated rings. The van der Waals surface area contributed by atoms with Gasteiger partial charge in [0.05, 0.1) is 31.8 Å². The van der Waals surface area contributed by atoms with Gasteiger partial charge in [0.1, 0.15) is 17.9 Å². The predicted molar refractivity (Wildman–Crippen MR) is 162 cm³/mol. The van der Waals surface area contributed by atoms with Crippen LogP contribution in [0.4, 0.5) is 14.6 Å². The van der Waals surface area contributed by atoms with Crippen molar-refractivity contribution in [2.75, 3.05) is 64.4 Å². The van der Waals surface area contributed by atoms with Crippen LogP contribution in [0.2, 0.25) is 0 Å². The van der Waals surface area contributed by atoms with Crippen molar-refractivity contribution in [3.05, 3.63) is 48.3 Å². The quantitative estimate of drug-likeness (QED) is 0.291. The molecule has 3 aromatic rings. The zero-order chi connectivity index (χ0) is 30.4. The van der Waals surface area contributed by atoms with Crippen LogP contribution in [-0.2, 0) is 11.2 Å². The van der Waals surface area contributed by atoms with E-state index in [1.54, 1.807) is 13.4 Å². The molecule has 9 nitrogen and oxygen atoms in total. The highest BCUT2D eigenvalue weighted by molar-refractivity contribution is 5.92. The lowest BCUT2D eigenvalue weighted by molar-refractivity contribution is -0.130. The number of ether oxygens (including phenoxy) is 3. The van der Waals surface area contributed by atoms with Crippen LogP contribution in [0.1, 0.15) is 38.7 Å². The van der Waals surface area contributed by atoms with Crippen LogP contribution in [0.5, 0.6) is 17.2 Å². The van der Waals surface area contributed by atoms with Gasteiger partial charge in [0.25, 0.3) is 5.92 Å². The zero-order valence-corrected chi connectivity index (χ0v) is 25.2. The summed E-state index contributed by atoms with van der Waals surface area (Å²) in [6.07, 6.45) is 2.57. The third-order valence-corrected chi connectivity index (χ3v) is 7.95. The molecular weight excluding hydrogens is 556 g/mol. The first-order valence-electron chi connectivity index (χ1n) is 15.0. The molecule has 1 aromatic heterocycles. The van der Waals surface area contributed by atoms with Crippen LogP contribution in [0.15, 0.2) is 42.7 Å². The molecule has 43 heavy (non-hydrogen) atoms. The number of hydrogen-bond donors (Lipinski definition) is 0. The van der Waals surface area contributed by atoms with E-state index in [1.165, 1.54) is 0 Å². The lowest BCUT2D eigenvalue weighted by Gasteiger charge is -2.36. The molecule has 3 heterocycles. The summed E-state index contributed by atoms with van der Waals surface area (Å²) in [6.45, 7) is 8.47. The lowest BCUT2D eigenvalue weighted by Crippen LogP contribution is -2.49. The zero-order valence-electron chi connectivity index (χ0n) is 25.2. The van der Waals surface area contributed by atoms with E-state index in [-0.39, 0.29) is 24.9 Å². The van der Waals surface area contributed by atoms with Gasteiger partial charge in [-0.15, -0.1) is 0 Å². The fourth-order valence-electron chi connectivity index (χ4n) is 5.56. The number of methoxy groups -OCH3 is 1. The van der Waals surface area contributed by atoms with Crippen molar-refractivity contribution >= 4 is 22.6 Å². The predicted octanol–water partition coefficient (Wildman–Crippen LogP) is 4.82. The Kier molecular flexibility index (Phi) is 9.79. The Bertz CT molecular complexity index is 1370. The molecule has 232 valence electrons. The third kappa shape index (κ3) is 8.01. The summed E-state index contributed by atoms with van der Waals surface area (Å²) in [5.41, 5.74) is 1.70. The van der Waals surface area contributed by atoms with Crippen LogP contribution >= 0.6 is 0 Å². The Morgan fingerprint density at radius 3 is 2.37 bits per heavy atom. The van der Waals surface area contributed by atoms with Gasteiger partial charge in [-0.3, -0.25) is 4.79 Å². The molecule has 2 aromatic carbocycles. The second-order valence-electron chi connectivity index (χ2n) is 11.5. The van der Waals surface area contributed by atoms with Crippen LogP contribution in [-0.4, -0.2) is 97.2 Å². The fraction of sp³-hybridized carbons (Fsp3) is 0.531. The number of fused-ring (bicyclic) bond motifs is 1. The van der Waals surface area contributed by atoms with Crippen LogP contribution in [0.25, 0.3) is 10.9 Å². The monoisotopic (exact) mass is 597 g/mol. The molecule has 0 unspecified atom stereocenters. The SMILES string of the molecule is COc1cc2c(N3CCN(C(=O)Cc4ccc(OC(C)C)cc4)CC3)ncnc2cc1OCCCN1CCC(F)(F)CC1. The normalized spacial score (nSPS) is 17.3. The van der Waals surface area contributed by atoms with Crippen molar-refractivity contribution in [2.45, 2.75) is 51.6 Å². The van der Waals surface area contributed by atoms with E-state index in [0.29, 0.717) is 70.3 Å². The minimum Gasteiger partial charge on any atom is -0.493 e. The summed E-state index contributed by atoms with van der Waals surface area (Å²) < 4.78 is 44.2. The van der Waals surface area contributed by atoms with Gasteiger partial charge < -0.3 is 28.9 Å². The number of amides is 1. The largest absolute Gasteiger partial charge is 0.493 e. The highest BCUT2D eigenvalue weighted by Gasteiger charge is 2.33. The fourth-order valence-corrected chi connectivity index (χ4v) is 5.56. The van der Waals surface area contributed by atoms with E-state index in [0.717, 1.165) is 34.5 Å². The van der Waals surface area contributed by atoms with Crippen LogP contribution in [0, 0.1) is 0 Å². The number of nitrogens with zero attached hydrogens (tertiary/aromatic N) is 5. The van der Waals surface area contributed by atoms with Gasteiger partial charge in [0.15, 0.2) is 11.5 Å². The standard InChI is InChI=1S/C32H41F2N5O4/c1-23(2)43-25-7-5-24(6-8-25)19-30(40)38-14-16-39(17-15-38)31-26-20-28(41-3)29(21-27(26)35-22-36-31)42-18-4-11-37-12-9-32(33,34)10-13-37/h5-8,20-23H,4,9-19H2,1-3H3.